The van der Waals surface area contributed by atoms with E-state index >= 15 is 0 Å². The predicted molar refractivity (Wildman–Crippen MR) is 121 cm³/mol. The zero-order chi connectivity index (χ0) is 18.6. The minimum absolute atomic E-state index is 1.21. The van der Waals surface area contributed by atoms with Gasteiger partial charge in [-0.2, -0.15) is 0 Å². The highest BCUT2D eigenvalue weighted by atomic mass is 14.1. The van der Waals surface area contributed by atoms with Gasteiger partial charge in [0, 0.05) is 0 Å². The Morgan fingerprint density at radius 3 is 1.89 bits per heavy atom. The Balaban J connectivity index is 1.60. The molecule has 27 heavy (non-hydrogen) atoms. The monoisotopic (exact) mass is 354 g/mol. The number of hydrogen-bond acceptors (Lipinski definition) is 0. The molecule has 0 aromatic heterocycles. The molecule has 0 atom stereocenters. The summed E-state index contributed by atoms with van der Waals surface area (Å²) in [6, 6.07) is 23.0. The first-order chi connectivity index (χ1) is 13.3. The van der Waals surface area contributed by atoms with Gasteiger partial charge >= 0.3 is 0 Å². The molecule has 0 aliphatic heterocycles. The van der Waals surface area contributed by atoms with Crippen molar-refractivity contribution in [3.63, 3.8) is 0 Å². The minimum atomic E-state index is 1.21. The van der Waals surface area contributed by atoms with Crippen molar-refractivity contribution in [3.05, 3.63) is 71.8 Å². The van der Waals surface area contributed by atoms with E-state index in [1.54, 1.807) is 0 Å². The summed E-state index contributed by atoms with van der Waals surface area (Å²) < 4.78 is 0. The number of benzene rings is 4. The van der Waals surface area contributed by atoms with Gasteiger partial charge in [-0.15, -0.1) is 0 Å². The molecule has 0 aliphatic carbocycles. The smallest absolute Gasteiger partial charge is 0.00990 e. The van der Waals surface area contributed by atoms with Gasteiger partial charge in [-0.1, -0.05) is 105 Å². The molecule has 4 aromatic carbocycles. The third-order valence-corrected chi connectivity index (χ3v) is 5.87. The maximum atomic E-state index is 2.40. The lowest BCUT2D eigenvalue weighted by Crippen LogP contribution is -1.88. The fourth-order valence-electron chi connectivity index (χ4n) is 4.32. The highest BCUT2D eigenvalue weighted by Crippen LogP contribution is 2.32. The van der Waals surface area contributed by atoms with Crippen LogP contribution in [-0.2, 0) is 6.42 Å². The van der Waals surface area contributed by atoms with Crippen LogP contribution in [0.15, 0.2) is 60.7 Å². The Kier molecular flexibility index (Phi) is 5.43. The molecule has 0 unspecified atom stereocenters. The van der Waals surface area contributed by atoms with Crippen LogP contribution in [0.3, 0.4) is 0 Å². The summed E-state index contributed by atoms with van der Waals surface area (Å²) in [6.07, 6.45) is 9.38. The molecule has 0 saturated heterocycles. The first kappa shape index (κ1) is 18.0. The molecule has 0 fully saturated rings. The first-order valence-electron chi connectivity index (χ1n) is 10.6. The van der Waals surface area contributed by atoms with E-state index < -0.39 is 0 Å². The van der Waals surface area contributed by atoms with Crippen LogP contribution < -0.4 is 0 Å². The molecule has 0 nitrogen and oxygen atoms in total. The van der Waals surface area contributed by atoms with Gasteiger partial charge < -0.3 is 0 Å². The molecule has 0 aliphatic rings. The van der Waals surface area contributed by atoms with Crippen LogP contribution in [0, 0.1) is 6.92 Å². The van der Waals surface area contributed by atoms with Gasteiger partial charge in [0.2, 0.25) is 0 Å². The highest BCUT2D eigenvalue weighted by molar-refractivity contribution is 6.17. The maximum absolute atomic E-state index is 2.40. The van der Waals surface area contributed by atoms with E-state index in [1.165, 1.54) is 88.4 Å². The van der Waals surface area contributed by atoms with Crippen molar-refractivity contribution in [3.8, 4) is 0 Å². The predicted octanol–water partition coefficient (Wildman–Crippen LogP) is 8.36. The first-order valence-corrected chi connectivity index (χ1v) is 10.6. The maximum Gasteiger partial charge on any atom is -0.00990 e. The lowest BCUT2D eigenvalue weighted by atomic mass is 9.94. The van der Waals surface area contributed by atoms with Crippen molar-refractivity contribution in [2.24, 2.45) is 0 Å². The zero-order valence-corrected chi connectivity index (χ0v) is 16.7. The van der Waals surface area contributed by atoms with Gasteiger partial charge in [0.05, 0.1) is 0 Å². The Morgan fingerprint density at radius 2 is 1.15 bits per heavy atom. The van der Waals surface area contributed by atoms with Crippen LogP contribution in [0.1, 0.15) is 56.6 Å². The van der Waals surface area contributed by atoms with E-state index in [2.05, 4.69) is 74.5 Å². The average Bonchev–Trinajstić information content (AvgIpc) is 2.69. The van der Waals surface area contributed by atoms with Gasteiger partial charge in [-0.05, 0) is 57.6 Å². The third-order valence-electron chi connectivity index (χ3n) is 5.87. The fraction of sp³-hybridized carbons (Fsp3) is 0.333. The number of aryl methyl sites for hydroxylation is 2. The molecule has 0 radical (unpaired) electrons. The second-order valence-electron chi connectivity index (χ2n) is 8.02. The van der Waals surface area contributed by atoms with Gasteiger partial charge in [0.25, 0.3) is 0 Å². The molecule has 4 aromatic rings. The molecule has 0 amide bonds. The van der Waals surface area contributed by atoms with Crippen LogP contribution in [0.2, 0.25) is 0 Å². The van der Waals surface area contributed by atoms with Crippen molar-refractivity contribution < 1.29 is 0 Å². The topological polar surface area (TPSA) is 0 Å². The SMILES string of the molecule is CCCCCCCCc1ccc2c(ccc3c4ccc(C)cc4ccc23)c1. The van der Waals surface area contributed by atoms with Crippen LogP contribution in [0.25, 0.3) is 32.3 Å². The molecular formula is C27H30. The highest BCUT2D eigenvalue weighted by Gasteiger charge is 2.06. The van der Waals surface area contributed by atoms with Crippen molar-refractivity contribution >= 4 is 32.3 Å². The summed E-state index contributed by atoms with van der Waals surface area (Å²) in [7, 11) is 0. The average molecular weight is 355 g/mol. The number of rotatable bonds is 7. The Labute approximate surface area is 163 Å². The molecule has 0 saturated carbocycles. The largest absolute Gasteiger partial charge is 0.0654 e. The van der Waals surface area contributed by atoms with Gasteiger partial charge in [0.1, 0.15) is 0 Å². The van der Waals surface area contributed by atoms with E-state index in [0.29, 0.717) is 0 Å². The third kappa shape index (κ3) is 3.86. The van der Waals surface area contributed by atoms with E-state index in [4.69, 9.17) is 0 Å². The van der Waals surface area contributed by atoms with Crippen LogP contribution >= 0.6 is 0 Å². The van der Waals surface area contributed by atoms with E-state index in [-0.39, 0.29) is 0 Å². The lowest BCUT2D eigenvalue weighted by molar-refractivity contribution is 0.607. The number of hydrogen-bond donors (Lipinski definition) is 0. The molecule has 0 heteroatoms. The summed E-state index contributed by atoms with van der Waals surface area (Å²) in [5.41, 5.74) is 2.80. The Bertz CT molecular complexity index is 1070. The minimum Gasteiger partial charge on any atom is -0.0654 e. The molecular weight excluding hydrogens is 324 g/mol. The second-order valence-corrected chi connectivity index (χ2v) is 8.02. The van der Waals surface area contributed by atoms with Crippen LogP contribution in [0.5, 0.6) is 0 Å². The van der Waals surface area contributed by atoms with Crippen molar-refractivity contribution in [1.82, 2.24) is 0 Å². The van der Waals surface area contributed by atoms with Gasteiger partial charge in [-0.3, -0.25) is 0 Å². The van der Waals surface area contributed by atoms with Crippen molar-refractivity contribution in [1.29, 1.82) is 0 Å². The Morgan fingerprint density at radius 1 is 0.556 bits per heavy atom. The van der Waals surface area contributed by atoms with Crippen molar-refractivity contribution in [2.45, 2.75) is 58.8 Å². The number of fused-ring (bicyclic) bond motifs is 5. The summed E-state index contributed by atoms with van der Waals surface area (Å²) in [4.78, 5) is 0. The quantitative estimate of drug-likeness (QED) is 0.231. The van der Waals surface area contributed by atoms with Gasteiger partial charge in [-0.25, -0.2) is 0 Å². The summed E-state index contributed by atoms with van der Waals surface area (Å²) in [6.45, 7) is 4.44. The normalized spacial score (nSPS) is 11.6. The number of unbranched alkanes of at least 4 members (excludes halogenated alkanes) is 5. The van der Waals surface area contributed by atoms with E-state index in [9.17, 15) is 0 Å². The van der Waals surface area contributed by atoms with E-state index in [0.717, 1.165) is 0 Å². The summed E-state index contributed by atoms with van der Waals surface area (Å²) >= 11 is 0. The molecule has 0 N–H and O–H groups in total. The second kappa shape index (κ2) is 8.13. The molecule has 138 valence electrons. The van der Waals surface area contributed by atoms with Crippen molar-refractivity contribution in [2.75, 3.05) is 0 Å². The lowest BCUT2D eigenvalue weighted by Gasteiger charge is -2.10. The molecule has 0 spiro atoms. The summed E-state index contributed by atoms with van der Waals surface area (Å²) in [5, 5.41) is 8.18. The van der Waals surface area contributed by atoms with Gasteiger partial charge in [0.15, 0.2) is 0 Å². The van der Waals surface area contributed by atoms with E-state index in [1.807, 2.05) is 0 Å². The fourth-order valence-corrected chi connectivity index (χ4v) is 4.32. The Hall–Kier alpha value is -2.34. The molecule has 4 rings (SSSR count). The van der Waals surface area contributed by atoms with Crippen LogP contribution in [0.4, 0.5) is 0 Å². The summed E-state index contributed by atoms with van der Waals surface area (Å²) in [5.74, 6) is 0. The van der Waals surface area contributed by atoms with Crippen LogP contribution in [-0.4, -0.2) is 0 Å². The zero-order valence-electron chi connectivity index (χ0n) is 16.7. The molecule has 0 bridgehead atoms. The molecule has 0 heterocycles. The standard InChI is InChI=1S/C27H30/c1-3-4-5-6-7-8-9-21-11-15-25-23(19-21)13-17-26-24-14-10-20(2)18-22(24)12-16-27(25)26/h10-19H,3-9H2,1-2H3.